The Bertz CT molecular complexity index is 271. The molecule has 1 aliphatic rings. The standard InChI is InChI=1S/C14H28N2O2/c1-11(2)9-16-7-6-12(10-16)8-15-13(17)18-14(3,4)5/h11-12H,6-10H2,1-5H3,(H,15,17). The summed E-state index contributed by atoms with van der Waals surface area (Å²) in [5.74, 6) is 1.28. The Hall–Kier alpha value is -0.770. The second-order valence-corrected chi connectivity index (χ2v) is 6.69. The minimum Gasteiger partial charge on any atom is -0.444 e. The fraction of sp³-hybridized carbons (Fsp3) is 0.929. The van der Waals surface area contributed by atoms with Crippen LogP contribution in [0.15, 0.2) is 0 Å². The Morgan fingerprint density at radius 1 is 1.44 bits per heavy atom. The van der Waals surface area contributed by atoms with Crippen molar-refractivity contribution in [2.24, 2.45) is 11.8 Å². The summed E-state index contributed by atoms with van der Waals surface area (Å²) >= 11 is 0. The molecule has 0 spiro atoms. The molecule has 0 aromatic rings. The first-order valence-corrected chi connectivity index (χ1v) is 6.95. The number of carbonyl (C=O) groups excluding carboxylic acids is 1. The third-order valence-electron chi connectivity index (χ3n) is 2.93. The van der Waals surface area contributed by atoms with Crippen LogP contribution in [0.4, 0.5) is 4.79 Å². The van der Waals surface area contributed by atoms with Crippen LogP contribution < -0.4 is 5.32 Å². The van der Waals surface area contributed by atoms with Crippen molar-refractivity contribution in [3.8, 4) is 0 Å². The number of nitrogens with zero attached hydrogens (tertiary/aromatic N) is 1. The molecule has 4 heteroatoms. The van der Waals surface area contributed by atoms with E-state index in [2.05, 4.69) is 24.1 Å². The predicted octanol–water partition coefficient (Wildman–Crippen LogP) is 2.49. The maximum absolute atomic E-state index is 11.5. The lowest BCUT2D eigenvalue weighted by Gasteiger charge is -2.21. The molecule has 0 aliphatic carbocycles. The van der Waals surface area contributed by atoms with Gasteiger partial charge in [-0.3, -0.25) is 0 Å². The predicted molar refractivity (Wildman–Crippen MR) is 73.6 cm³/mol. The summed E-state index contributed by atoms with van der Waals surface area (Å²) in [7, 11) is 0. The number of nitrogens with one attached hydrogen (secondary N) is 1. The van der Waals surface area contributed by atoms with Crippen molar-refractivity contribution in [3.05, 3.63) is 0 Å². The Morgan fingerprint density at radius 3 is 2.67 bits per heavy atom. The van der Waals surface area contributed by atoms with Crippen molar-refractivity contribution in [2.45, 2.75) is 46.6 Å². The Morgan fingerprint density at radius 2 is 2.11 bits per heavy atom. The molecule has 0 radical (unpaired) electrons. The van der Waals surface area contributed by atoms with Gasteiger partial charge >= 0.3 is 6.09 Å². The normalized spacial score (nSPS) is 21.3. The molecule has 0 aromatic carbocycles. The number of amides is 1. The average molecular weight is 256 g/mol. The van der Waals surface area contributed by atoms with Crippen molar-refractivity contribution in [1.82, 2.24) is 10.2 Å². The van der Waals surface area contributed by atoms with Crippen molar-refractivity contribution in [3.63, 3.8) is 0 Å². The molecule has 1 N–H and O–H groups in total. The van der Waals surface area contributed by atoms with Crippen molar-refractivity contribution in [2.75, 3.05) is 26.2 Å². The minimum absolute atomic E-state index is 0.301. The Balaban J connectivity index is 2.19. The number of rotatable bonds is 4. The number of likely N-dealkylation sites (tertiary alicyclic amines) is 1. The topological polar surface area (TPSA) is 41.6 Å². The molecule has 1 atom stereocenters. The van der Waals surface area contributed by atoms with E-state index in [1.165, 1.54) is 6.42 Å². The molecule has 0 aromatic heterocycles. The number of hydrogen-bond acceptors (Lipinski definition) is 3. The molecule has 18 heavy (non-hydrogen) atoms. The minimum atomic E-state index is -0.413. The van der Waals surface area contributed by atoms with E-state index in [0.29, 0.717) is 11.8 Å². The van der Waals surface area contributed by atoms with Crippen LogP contribution in [-0.4, -0.2) is 42.8 Å². The zero-order valence-corrected chi connectivity index (χ0v) is 12.5. The van der Waals surface area contributed by atoms with E-state index in [4.69, 9.17) is 4.74 Å². The van der Waals surface area contributed by atoms with E-state index in [1.807, 2.05) is 20.8 Å². The van der Waals surface area contributed by atoms with Crippen LogP contribution in [0.2, 0.25) is 0 Å². The lowest BCUT2D eigenvalue weighted by molar-refractivity contribution is 0.0519. The monoisotopic (exact) mass is 256 g/mol. The van der Waals surface area contributed by atoms with E-state index in [-0.39, 0.29) is 6.09 Å². The van der Waals surface area contributed by atoms with Crippen LogP contribution in [0.3, 0.4) is 0 Å². The Kier molecular flexibility index (Phi) is 5.45. The van der Waals surface area contributed by atoms with Crippen molar-refractivity contribution >= 4 is 6.09 Å². The van der Waals surface area contributed by atoms with E-state index in [1.54, 1.807) is 0 Å². The van der Waals surface area contributed by atoms with Gasteiger partial charge in [0.15, 0.2) is 0 Å². The maximum Gasteiger partial charge on any atom is 0.407 e. The van der Waals surface area contributed by atoms with Crippen LogP contribution in [0, 0.1) is 11.8 Å². The van der Waals surface area contributed by atoms with Gasteiger partial charge in [0.25, 0.3) is 0 Å². The highest BCUT2D eigenvalue weighted by Crippen LogP contribution is 2.16. The van der Waals surface area contributed by atoms with Gasteiger partial charge in [0, 0.05) is 19.6 Å². The summed E-state index contributed by atoms with van der Waals surface area (Å²) < 4.78 is 5.23. The first kappa shape index (κ1) is 15.3. The first-order chi connectivity index (χ1) is 8.26. The summed E-state index contributed by atoms with van der Waals surface area (Å²) in [6, 6.07) is 0. The SMILES string of the molecule is CC(C)CN1CCC(CNC(=O)OC(C)(C)C)C1. The lowest BCUT2D eigenvalue weighted by Crippen LogP contribution is -2.36. The van der Waals surface area contributed by atoms with Gasteiger partial charge in [-0.05, 0) is 45.6 Å². The van der Waals surface area contributed by atoms with Crippen LogP contribution in [0.5, 0.6) is 0 Å². The molecule has 1 amide bonds. The van der Waals surface area contributed by atoms with Crippen LogP contribution in [0.25, 0.3) is 0 Å². The van der Waals surface area contributed by atoms with Crippen molar-refractivity contribution in [1.29, 1.82) is 0 Å². The highest BCUT2D eigenvalue weighted by molar-refractivity contribution is 5.67. The summed E-state index contributed by atoms with van der Waals surface area (Å²) in [5.41, 5.74) is -0.413. The molecule has 1 fully saturated rings. The zero-order chi connectivity index (χ0) is 13.8. The highest BCUT2D eigenvalue weighted by Gasteiger charge is 2.24. The third-order valence-corrected chi connectivity index (χ3v) is 2.93. The van der Waals surface area contributed by atoms with Gasteiger partial charge in [-0.25, -0.2) is 4.79 Å². The smallest absolute Gasteiger partial charge is 0.407 e. The van der Waals surface area contributed by atoms with Gasteiger partial charge in [-0.2, -0.15) is 0 Å². The largest absolute Gasteiger partial charge is 0.444 e. The molecule has 106 valence electrons. The fourth-order valence-electron chi connectivity index (χ4n) is 2.30. The van der Waals surface area contributed by atoms with Crippen LogP contribution in [0.1, 0.15) is 41.0 Å². The van der Waals surface area contributed by atoms with Crippen molar-refractivity contribution < 1.29 is 9.53 Å². The van der Waals surface area contributed by atoms with E-state index in [0.717, 1.165) is 26.2 Å². The van der Waals surface area contributed by atoms with Gasteiger partial charge in [0.05, 0.1) is 0 Å². The maximum atomic E-state index is 11.5. The summed E-state index contributed by atoms with van der Waals surface area (Å²) in [4.78, 5) is 14.0. The number of carbonyl (C=O) groups is 1. The quantitative estimate of drug-likeness (QED) is 0.840. The molecule has 1 aliphatic heterocycles. The Labute approximate surface area is 111 Å². The number of alkyl carbamates (subject to hydrolysis) is 1. The molecule has 1 rings (SSSR count). The second-order valence-electron chi connectivity index (χ2n) is 6.69. The molecule has 1 saturated heterocycles. The lowest BCUT2D eigenvalue weighted by atomic mass is 10.1. The molecule has 0 bridgehead atoms. The van der Waals surface area contributed by atoms with Gasteiger partial charge in [0.1, 0.15) is 5.60 Å². The highest BCUT2D eigenvalue weighted by atomic mass is 16.6. The molecule has 1 unspecified atom stereocenters. The van der Waals surface area contributed by atoms with Gasteiger partial charge in [0.2, 0.25) is 0 Å². The fourth-order valence-corrected chi connectivity index (χ4v) is 2.30. The third kappa shape index (κ3) is 6.24. The van der Waals surface area contributed by atoms with Gasteiger partial charge in [-0.1, -0.05) is 13.8 Å². The van der Waals surface area contributed by atoms with Crippen LogP contribution >= 0.6 is 0 Å². The summed E-state index contributed by atoms with van der Waals surface area (Å²) in [6.07, 6.45) is 0.868. The number of ether oxygens (including phenoxy) is 1. The van der Waals surface area contributed by atoms with E-state index in [9.17, 15) is 4.79 Å². The van der Waals surface area contributed by atoms with E-state index < -0.39 is 5.60 Å². The molecule has 1 heterocycles. The summed E-state index contributed by atoms with van der Waals surface area (Å²) in [6.45, 7) is 14.3. The molecular formula is C14H28N2O2. The first-order valence-electron chi connectivity index (χ1n) is 6.95. The zero-order valence-electron chi connectivity index (χ0n) is 12.5. The molecule has 0 saturated carbocycles. The van der Waals surface area contributed by atoms with Gasteiger partial charge < -0.3 is 15.0 Å². The van der Waals surface area contributed by atoms with Crippen LogP contribution in [-0.2, 0) is 4.74 Å². The van der Waals surface area contributed by atoms with E-state index >= 15 is 0 Å². The second kappa shape index (κ2) is 6.41. The molecule has 4 nitrogen and oxygen atoms in total. The summed E-state index contributed by atoms with van der Waals surface area (Å²) in [5, 5.41) is 2.87. The van der Waals surface area contributed by atoms with Gasteiger partial charge in [-0.15, -0.1) is 0 Å². The average Bonchev–Trinajstić information content (AvgIpc) is 2.59. The number of hydrogen-bond donors (Lipinski definition) is 1. The molecular weight excluding hydrogens is 228 g/mol.